The van der Waals surface area contributed by atoms with Crippen LogP contribution in [0.5, 0.6) is 0 Å². The van der Waals surface area contributed by atoms with Gasteiger partial charge in [0.05, 0.1) is 33.2 Å². The second-order valence-corrected chi connectivity index (χ2v) is 8.83. The molecule has 2 aromatic carbocycles. The summed E-state index contributed by atoms with van der Waals surface area (Å²) in [6.45, 7) is 8.07. The van der Waals surface area contributed by atoms with Crippen molar-refractivity contribution in [2.45, 2.75) is 40.2 Å². The average molecular weight is 444 g/mol. The van der Waals surface area contributed by atoms with Gasteiger partial charge in [-0.05, 0) is 57.6 Å². The van der Waals surface area contributed by atoms with Crippen molar-refractivity contribution in [3.05, 3.63) is 52.0 Å². The first-order valence-corrected chi connectivity index (χ1v) is 10.3. The van der Waals surface area contributed by atoms with Crippen molar-refractivity contribution in [1.29, 1.82) is 5.26 Å². The van der Waals surface area contributed by atoms with Gasteiger partial charge in [0.2, 0.25) is 0 Å². The fourth-order valence-corrected chi connectivity index (χ4v) is 4.10. The van der Waals surface area contributed by atoms with Crippen LogP contribution in [0, 0.1) is 16.7 Å². The summed E-state index contributed by atoms with van der Waals surface area (Å²) >= 11 is 3.65. The molecule has 0 aliphatic carbocycles. The molecule has 0 aliphatic heterocycles. The van der Waals surface area contributed by atoms with Crippen LogP contribution in [-0.4, -0.2) is 13.6 Å². The van der Waals surface area contributed by atoms with Gasteiger partial charge in [-0.2, -0.15) is 5.26 Å². The zero-order chi connectivity index (χ0) is 20.9. The number of nitriles is 1. The van der Waals surface area contributed by atoms with E-state index < -0.39 is 0 Å². The number of hydrogen-bond acceptors (Lipinski definition) is 5. The van der Waals surface area contributed by atoms with E-state index in [1.54, 1.807) is 5.01 Å². The van der Waals surface area contributed by atoms with Gasteiger partial charge in [-0.15, -0.1) is 0 Å². The first kappa shape index (κ1) is 22.1. The van der Waals surface area contributed by atoms with Gasteiger partial charge in [0.1, 0.15) is 0 Å². The monoisotopic (exact) mass is 443 g/mol. The highest BCUT2D eigenvalue weighted by molar-refractivity contribution is 9.10. The first-order valence-electron chi connectivity index (χ1n) is 9.49. The molecule has 4 N–H and O–H groups in total. The molecular weight excluding hydrogens is 414 g/mol. The van der Waals surface area contributed by atoms with E-state index in [9.17, 15) is 0 Å². The Morgan fingerprint density at radius 3 is 2.29 bits per heavy atom. The Hall–Kier alpha value is -2.23. The molecule has 5 nitrogen and oxygen atoms in total. The third-order valence-electron chi connectivity index (χ3n) is 4.88. The fourth-order valence-electron chi connectivity index (χ4n) is 3.46. The lowest BCUT2D eigenvalue weighted by Crippen LogP contribution is -2.40. The van der Waals surface area contributed by atoms with Crippen LogP contribution in [0.25, 0.3) is 0 Å². The van der Waals surface area contributed by atoms with Gasteiger partial charge in [-0.1, -0.05) is 39.3 Å². The quantitative estimate of drug-likeness (QED) is 0.338. The summed E-state index contributed by atoms with van der Waals surface area (Å²) in [5, 5.41) is 10.7. The molecule has 0 aliphatic rings. The molecule has 2 aromatic rings. The van der Waals surface area contributed by atoms with Gasteiger partial charge < -0.3 is 15.6 Å². The summed E-state index contributed by atoms with van der Waals surface area (Å²) in [6, 6.07) is 13.8. The third kappa shape index (κ3) is 5.40. The average Bonchev–Trinajstić information content (AvgIpc) is 2.63. The van der Waals surface area contributed by atoms with Crippen molar-refractivity contribution in [3.63, 3.8) is 0 Å². The fraction of sp³-hybridized carbons (Fsp3) is 0.409. The van der Waals surface area contributed by atoms with Gasteiger partial charge in [0, 0.05) is 20.1 Å². The highest BCUT2D eigenvalue weighted by Crippen LogP contribution is 2.38. The standard InChI is InChI=1S/C22H30BrN5/c1-5-12-22(2,3)15-28(26)19-11-10-18(20(23)21(19)25)27(4)14-17-8-6-16(13-24)7-9-17/h6-11H,5,12,14-15,25-26H2,1-4H3. The van der Waals surface area contributed by atoms with Crippen LogP contribution in [0.2, 0.25) is 0 Å². The van der Waals surface area contributed by atoms with Crippen LogP contribution in [0.4, 0.5) is 17.1 Å². The van der Waals surface area contributed by atoms with Gasteiger partial charge >= 0.3 is 0 Å². The smallest absolute Gasteiger partial charge is 0.0991 e. The van der Waals surface area contributed by atoms with Crippen LogP contribution in [0.3, 0.4) is 0 Å². The SMILES string of the molecule is CCCC(C)(C)CN(N)c1ccc(N(C)Cc2ccc(C#N)cc2)c(Br)c1N. The van der Waals surface area contributed by atoms with E-state index in [0.29, 0.717) is 17.8 Å². The Bertz CT molecular complexity index is 839. The molecule has 0 aromatic heterocycles. The number of nitrogens with zero attached hydrogens (tertiary/aromatic N) is 3. The van der Waals surface area contributed by atoms with E-state index in [1.807, 2.05) is 43.4 Å². The minimum Gasteiger partial charge on any atom is -0.396 e. The molecule has 28 heavy (non-hydrogen) atoms. The predicted octanol–water partition coefficient (Wildman–Crippen LogP) is 5.05. The molecule has 0 saturated heterocycles. The Morgan fingerprint density at radius 1 is 1.11 bits per heavy atom. The Labute approximate surface area is 177 Å². The number of benzene rings is 2. The zero-order valence-electron chi connectivity index (χ0n) is 17.2. The number of hydrogen-bond donors (Lipinski definition) is 2. The molecule has 2 rings (SSSR count). The number of halogens is 1. The van der Waals surface area contributed by atoms with Crippen LogP contribution < -0.4 is 21.5 Å². The van der Waals surface area contributed by atoms with E-state index in [0.717, 1.165) is 40.8 Å². The van der Waals surface area contributed by atoms with Gasteiger partial charge in [0.25, 0.3) is 0 Å². The van der Waals surface area contributed by atoms with Crippen LogP contribution in [0.1, 0.15) is 44.7 Å². The first-order chi connectivity index (χ1) is 13.2. The predicted molar refractivity (Wildman–Crippen MR) is 122 cm³/mol. The summed E-state index contributed by atoms with van der Waals surface area (Å²) in [5.41, 5.74) is 10.8. The molecule has 0 fully saturated rings. The minimum atomic E-state index is 0.119. The summed E-state index contributed by atoms with van der Waals surface area (Å²) in [4.78, 5) is 2.12. The lowest BCUT2D eigenvalue weighted by atomic mass is 9.88. The molecule has 0 radical (unpaired) electrons. The summed E-state index contributed by atoms with van der Waals surface area (Å²) < 4.78 is 0.838. The summed E-state index contributed by atoms with van der Waals surface area (Å²) in [5.74, 6) is 6.35. The van der Waals surface area contributed by atoms with Crippen molar-refractivity contribution >= 4 is 33.0 Å². The highest BCUT2D eigenvalue weighted by atomic mass is 79.9. The molecule has 150 valence electrons. The van der Waals surface area contributed by atoms with E-state index in [2.05, 4.69) is 47.7 Å². The van der Waals surface area contributed by atoms with Crippen molar-refractivity contribution in [2.75, 3.05) is 29.2 Å². The van der Waals surface area contributed by atoms with Crippen molar-refractivity contribution in [3.8, 4) is 6.07 Å². The second-order valence-electron chi connectivity index (χ2n) is 8.04. The van der Waals surface area contributed by atoms with Gasteiger partial charge in [0.15, 0.2) is 0 Å². The van der Waals surface area contributed by atoms with E-state index in [-0.39, 0.29) is 5.41 Å². The maximum Gasteiger partial charge on any atom is 0.0991 e. The molecular formula is C22H30BrN5. The lowest BCUT2D eigenvalue weighted by Gasteiger charge is -2.32. The molecule has 0 atom stereocenters. The van der Waals surface area contributed by atoms with E-state index in [4.69, 9.17) is 16.8 Å². The number of anilines is 3. The van der Waals surface area contributed by atoms with Gasteiger partial charge in [-0.25, -0.2) is 5.84 Å². The molecule has 0 spiro atoms. The number of nitrogen functional groups attached to an aromatic ring is 1. The second kappa shape index (κ2) is 9.31. The van der Waals surface area contributed by atoms with Crippen LogP contribution in [0.15, 0.2) is 40.9 Å². The molecule has 0 bridgehead atoms. The largest absolute Gasteiger partial charge is 0.396 e. The normalized spacial score (nSPS) is 11.2. The molecule has 6 heteroatoms. The van der Waals surface area contributed by atoms with Crippen molar-refractivity contribution < 1.29 is 0 Å². The van der Waals surface area contributed by atoms with Crippen molar-refractivity contribution in [1.82, 2.24) is 0 Å². The summed E-state index contributed by atoms with van der Waals surface area (Å²) in [7, 11) is 2.02. The number of rotatable bonds is 8. The maximum absolute atomic E-state index is 8.93. The minimum absolute atomic E-state index is 0.119. The highest BCUT2D eigenvalue weighted by Gasteiger charge is 2.22. The topological polar surface area (TPSA) is 82.3 Å². The zero-order valence-corrected chi connectivity index (χ0v) is 18.8. The Morgan fingerprint density at radius 2 is 1.71 bits per heavy atom. The third-order valence-corrected chi connectivity index (χ3v) is 5.72. The number of nitrogens with two attached hydrogens (primary N) is 2. The van der Waals surface area contributed by atoms with Crippen molar-refractivity contribution in [2.24, 2.45) is 11.3 Å². The molecule has 0 amide bonds. The summed E-state index contributed by atoms with van der Waals surface area (Å²) in [6.07, 6.45) is 2.23. The van der Waals surface area contributed by atoms with E-state index >= 15 is 0 Å². The van der Waals surface area contributed by atoms with Crippen LogP contribution >= 0.6 is 15.9 Å². The molecule has 0 unspecified atom stereocenters. The number of hydrazine groups is 1. The molecule has 0 heterocycles. The lowest BCUT2D eigenvalue weighted by molar-refractivity contribution is 0.333. The van der Waals surface area contributed by atoms with Gasteiger partial charge in [-0.3, -0.25) is 0 Å². The van der Waals surface area contributed by atoms with E-state index in [1.165, 1.54) is 0 Å². The maximum atomic E-state index is 8.93. The Kier molecular flexibility index (Phi) is 7.34. The molecule has 0 saturated carbocycles. The van der Waals surface area contributed by atoms with Crippen LogP contribution in [-0.2, 0) is 6.54 Å². The Balaban J connectivity index is 2.19.